The van der Waals surface area contributed by atoms with E-state index >= 15 is 0 Å². The van der Waals surface area contributed by atoms with Crippen molar-refractivity contribution in [2.24, 2.45) is 0 Å². The van der Waals surface area contributed by atoms with Gasteiger partial charge in [-0.05, 0) is 63.9 Å². The van der Waals surface area contributed by atoms with Crippen molar-refractivity contribution in [1.29, 1.82) is 0 Å². The predicted molar refractivity (Wildman–Crippen MR) is 75.7 cm³/mol. The SMILES string of the molecule is COc1cc(CCNC(C)(C)C)c(OC)cc1C. The van der Waals surface area contributed by atoms with Crippen LogP contribution < -0.4 is 14.8 Å². The molecule has 1 aromatic carbocycles. The Balaban J connectivity index is 2.80. The third-order valence-electron chi connectivity index (χ3n) is 2.85. The van der Waals surface area contributed by atoms with Crippen LogP contribution in [0.5, 0.6) is 11.5 Å². The van der Waals surface area contributed by atoms with E-state index in [1.165, 1.54) is 5.56 Å². The normalized spacial score (nSPS) is 11.4. The lowest BCUT2D eigenvalue weighted by Crippen LogP contribution is -2.37. The summed E-state index contributed by atoms with van der Waals surface area (Å²) in [5.74, 6) is 1.85. The molecule has 0 saturated carbocycles. The molecule has 1 aromatic rings. The van der Waals surface area contributed by atoms with Crippen molar-refractivity contribution in [1.82, 2.24) is 5.32 Å². The highest BCUT2D eigenvalue weighted by Crippen LogP contribution is 2.28. The maximum atomic E-state index is 5.42. The minimum Gasteiger partial charge on any atom is -0.496 e. The van der Waals surface area contributed by atoms with E-state index in [2.05, 4.69) is 32.2 Å². The number of rotatable bonds is 5. The van der Waals surface area contributed by atoms with Gasteiger partial charge in [0.2, 0.25) is 0 Å². The number of aryl methyl sites for hydroxylation is 1. The first-order valence-corrected chi connectivity index (χ1v) is 6.34. The lowest BCUT2D eigenvalue weighted by Gasteiger charge is -2.21. The maximum Gasteiger partial charge on any atom is 0.122 e. The molecule has 0 aliphatic carbocycles. The summed E-state index contributed by atoms with van der Waals surface area (Å²) < 4.78 is 10.8. The Kier molecular flexibility index (Phi) is 5.03. The van der Waals surface area contributed by atoms with E-state index in [0.29, 0.717) is 0 Å². The third kappa shape index (κ3) is 4.22. The van der Waals surface area contributed by atoms with Gasteiger partial charge in [-0.3, -0.25) is 0 Å². The molecule has 0 aliphatic heterocycles. The van der Waals surface area contributed by atoms with Gasteiger partial charge in [0.15, 0.2) is 0 Å². The van der Waals surface area contributed by atoms with E-state index in [4.69, 9.17) is 9.47 Å². The molecule has 0 aliphatic rings. The van der Waals surface area contributed by atoms with E-state index in [1.54, 1.807) is 14.2 Å². The number of hydrogen-bond donors (Lipinski definition) is 1. The Bertz CT molecular complexity index is 394. The second-order valence-electron chi connectivity index (χ2n) is 5.56. The number of methoxy groups -OCH3 is 2. The minimum absolute atomic E-state index is 0.141. The molecule has 0 atom stereocenters. The molecule has 0 unspecified atom stereocenters. The van der Waals surface area contributed by atoms with Crippen LogP contribution in [0.4, 0.5) is 0 Å². The molecule has 0 saturated heterocycles. The topological polar surface area (TPSA) is 30.5 Å². The van der Waals surface area contributed by atoms with Gasteiger partial charge < -0.3 is 14.8 Å². The zero-order chi connectivity index (χ0) is 13.8. The molecule has 3 nitrogen and oxygen atoms in total. The summed E-state index contributed by atoms with van der Waals surface area (Å²) in [6, 6.07) is 4.10. The van der Waals surface area contributed by atoms with Crippen molar-refractivity contribution in [3.05, 3.63) is 23.3 Å². The van der Waals surface area contributed by atoms with Gasteiger partial charge in [-0.25, -0.2) is 0 Å². The highest BCUT2D eigenvalue weighted by Gasteiger charge is 2.11. The van der Waals surface area contributed by atoms with Gasteiger partial charge in [0, 0.05) is 5.54 Å². The quantitative estimate of drug-likeness (QED) is 0.872. The van der Waals surface area contributed by atoms with Crippen molar-refractivity contribution >= 4 is 0 Å². The molecule has 0 heterocycles. The number of ether oxygens (including phenoxy) is 2. The van der Waals surface area contributed by atoms with Crippen molar-refractivity contribution in [2.75, 3.05) is 20.8 Å². The Morgan fingerprint density at radius 3 is 2.17 bits per heavy atom. The van der Waals surface area contributed by atoms with Crippen molar-refractivity contribution in [3.8, 4) is 11.5 Å². The monoisotopic (exact) mass is 251 g/mol. The Morgan fingerprint density at radius 2 is 1.67 bits per heavy atom. The first kappa shape index (κ1) is 14.8. The molecule has 1 rings (SSSR count). The van der Waals surface area contributed by atoms with Gasteiger partial charge in [-0.2, -0.15) is 0 Å². The maximum absolute atomic E-state index is 5.42. The Hall–Kier alpha value is -1.22. The van der Waals surface area contributed by atoms with Gasteiger partial charge in [0.1, 0.15) is 11.5 Å². The molecule has 18 heavy (non-hydrogen) atoms. The fraction of sp³-hybridized carbons (Fsp3) is 0.600. The smallest absolute Gasteiger partial charge is 0.122 e. The molecule has 0 radical (unpaired) electrons. The van der Waals surface area contributed by atoms with Crippen molar-refractivity contribution in [2.45, 2.75) is 39.7 Å². The van der Waals surface area contributed by atoms with E-state index in [1.807, 2.05) is 13.0 Å². The number of nitrogens with one attached hydrogen (secondary N) is 1. The van der Waals surface area contributed by atoms with Crippen LogP contribution in [0.25, 0.3) is 0 Å². The van der Waals surface area contributed by atoms with Gasteiger partial charge >= 0.3 is 0 Å². The summed E-state index contributed by atoms with van der Waals surface area (Å²) in [5, 5.41) is 3.48. The van der Waals surface area contributed by atoms with Crippen LogP contribution in [0.3, 0.4) is 0 Å². The fourth-order valence-electron chi connectivity index (χ4n) is 1.88. The summed E-state index contributed by atoms with van der Waals surface area (Å²) in [6.07, 6.45) is 0.928. The summed E-state index contributed by atoms with van der Waals surface area (Å²) >= 11 is 0. The average Bonchev–Trinajstić information content (AvgIpc) is 2.28. The average molecular weight is 251 g/mol. The minimum atomic E-state index is 0.141. The van der Waals surface area contributed by atoms with Crippen LogP contribution in [0, 0.1) is 6.92 Å². The molecule has 102 valence electrons. The molecule has 0 aromatic heterocycles. The largest absolute Gasteiger partial charge is 0.496 e. The van der Waals surface area contributed by atoms with E-state index in [-0.39, 0.29) is 5.54 Å². The van der Waals surface area contributed by atoms with E-state index in [0.717, 1.165) is 30.0 Å². The molecule has 1 N–H and O–H groups in total. The zero-order valence-electron chi connectivity index (χ0n) is 12.4. The van der Waals surface area contributed by atoms with Crippen molar-refractivity contribution < 1.29 is 9.47 Å². The van der Waals surface area contributed by atoms with Crippen LogP contribution in [0.15, 0.2) is 12.1 Å². The van der Waals surface area contributed by atoms with Crippen LogP contribution in [0.1, 0.15) is 31.9 Å². The van der Waals surface area contributed by atoms with Gasteiger partial charge in [-0.15, -0.1) is 0 Å². The summed E-state index contributed by atoms with van der Waals surface area (Å²) in [5.41, 5.74) is 2.42. The first-order valence-electron chi connectivity index (χ1n) is 6.34. The van der Waals surface area contributed by atoms with Gasteiger partial charge in [0.05, 0.1) is 14.2 Å². The molecule has 0 spiro atoms. The highest BCUT2D eigenvalue weighted by molar-refractivity contribution is 5.46. The van der Waals surface area contributed by atoms with Gasteiger partial charge in [0.25, 0.3) is 0 Å². The second-order valence-corrected chi connectivity index (χ2v) is 5.56. The molecule has 3 heteroatoms. The van der Waals surface area contributed by atoms with E-state index in [9.17, 15) is 0 Å². The molecule has 0 bridgehead atoms. The molecule has 0 fully saturated rings. The third-order valence-corrected chi connectivity index (χ3v) is 2.85. The van der Waals surface area contributed by atoms with Crippen LogP contribution in [-0.4, -0.2) is 26.3 Å². The van der Waals surface area contributed by atoms with Crippen molar-refractivity contribution in [3.63, 3.8) is 0 Å². The standard InChI is InChI=1S/C15H25NO2/c1-11-9-14(18-6)12(10-13(11)17-5)7-8-16-15(2,3)4/h9-10,16H,7-8H2,1-6H3. The Morgan fingerprint density at radius 1 is 1.06 bits per heavy atom. The summed E-state index contributed by atoms with van der Waals surface area (Å²) in [6.45, 7) is 9.45. The lowest BCUT2D eigenvalue weighted by atomic mass is 10.1. The van der Waals surface area contributed by atoms with E-state index < -0.39 is 0 Å². The predicted octanol–water partition coefficient (Wildman–Crippen LogP) is 2.94. The number of benzene rings is 1. The summed E-state index contributed by atoms with van der Waals surface area (Å²) in [4.78, 5) is 0. The molecule has 0 amide bonds. The zero-order valence-corrected chi connectivity index (χ0v) is 12.4. The number of hydrogen-bond acceptors (Lipinski definition) is 3. The van der Waals surface area contributed by atoms with Crippen LogP contribution in [-0.2, 0) is 6.42 Å². The molecular formula is C15H25NO2. The Labute approximate surface area is 110 Å². The van der Waals surface area contributed by atoms with Crippen LogP contribution >= 0.6 is 0 Å². The molecular weight excluding hydrogens is 226 g/mol. The van der Waals surface area contributed by atoms with Crippen LogP contribution in [0.2, 0.25) is 0 Å². The van der Waals surface area contributed by atoms with Gasteiger partial charge in [-0.1, -0.05) is 0 Å². The lowest BCUT2D eigenvalue weighted by molar-refractivity contribution is 0.392. The summed E-state index contributed by atoms with van der Waals surface area (Å²) in [7, 11) is 3.41. The first-order chi connectivity index (χ1) is 8.37. The fourth-order valence-corrected chi connectivity index (χ4v) is 1.88. The second kappa shape index (κ2) is 6.10. The highest BCUT2D eigenvalue weighted by atomic mass is 16.5.